The Bertz CT molecular complexity index is 209. The molecular weight excluding hydrogens is 270 g/mol. The van der Waals surface area contributed by atoms with Crippen molar-refractivity contribution in [3.63, 3.8) is 0 Å². The third-order valence-electron chi connectivity index (χ3n) is 2.38. The van der Waals surface area contributed by atoms with Gasteiger partial charge in [0.15, 0.2) is 0 Å². The van der Waals surface area contributed by atoms with Crippen molar-refractivity contribution in [1.29, 1.82) is 0 Å². The molecule has 1 unspecified atom stereocenters. The second-order valence-electron chi connectivity index (χ2n) is 3.82. The number of phosphoric acid groups is 1. The van der Waals surface area contributed by atoms with Crippen LogP contribution < -0.4 is 0 Å². The Morgan fingerprint density at radius 1 is 1.24 bits per heavy atom. The summed E-state index contributed by atoms with van der Waals surface area (Å²) in [4.78, 5) is 16.8. The molecule has 5 nitrogen and oxygen atoms in total. The fourth-order valence-electron chi connectivity index (χ4n) is 1.36. The van der Waals surface area contributed by atoms with Crippen LogP contribution in [0, 0.1) is 5.92 Å². The molecule has 0 saturated carbocycles. The Morgan fingerprint density at radius 3 is 2.35 bits per heavy atom. The monoisotopic (exact) mass is 293 g/mol. The Hall–Kier alpha value is 1.71. The van der Waals surface area contributed by atoms with Crippen LogP contribution in [-0.4, -0.2) is 81.0 Å². The Labute approximate surface area is 146 Å². The molecule has 0 bridgehead atoms. The first kappa shape index (κ1) is 21.0. The molecule has 1 radical (unpaired) electrons. The molecule has 0 aromatic heterocycles. The average Bonchev–Trinajstić information content (AvgIpc) is 2.20. The van der Waals surface area contributed by atoms with E-state index in [4.69, 9.17) is 14.5 Å². The van der Waals surface area contributed by atoms with Crippen LogP contribution >= 0.6 is 7.82 Å². The molecule has 0 heterocycles. The van der Waals surface area contributed by atoms with E-state index in [0.29, 0.717) is 12.5 Å². The van der Waals surface area contributed by atoms with Crippen molar-refractivity contribution in [3.05, 3.63) is 0 Å². The maximum atomic E-state index is 10.3. The van der Waals surface area contributed by atoms with E-state index >= 15 is 0 Å². The first-order valence-corrected chi connectivity index (χ1v) is 7.30. The van der Waals surface area contributed by atoms with Crippen molar-refractivity contribution in [1.82, 2.24) is 0 Å². The van der Waals surface area contributed by atoms with Gasteiger partial charge in [-0.2, -0.15) is 0 Å². The average molecular weight is 293 g/mol. The van der Waals surface area contributed by atoms with Gasteiger partial charge in [-0.25, -0.2) is 4.57 Å². The molecule has 99 valence electrons. The van der Waals surface area contributed by atoms with Crippen LogP contribution in [0.15, 0.2) is 0 Å². The van der Waals surface area contributed by atoms with Gasteiger partial charge < -0.3 is 14.5 Å². The minimum absolute atomic E-state index is 0. The topological polar surface area (TPSA) is 76.0 Å². The summed E-state index contributed by atoms with van der Waals surface area (Å²) in [5, 5.41) is 0. The fourth-order valence-corrected chi connectivity index (χ4v) is 1.68. The molecule has 0 rings (SSSR count). The fraction of sp³-hybridized carbons (Fsp3) is 1.00. The molecule has 0 aliphatic rings. The van der Waals surface area contributed by atoms with Gasteiger partial charge in [0, 0.05) is 58.0 Å². The van der Waals surface area contributed by atoms with Crippen LogP contribution in [0.4, 0.5) is 0 Å². The Morgan fingerprint density at radius 2 is 1.88 bits per heavy atom. The standard InChI is InChI=1S/C10H23O5P.K/c1-3-5-6-10(4-2)9-14-7-8-15-16(11,12)13;/h10H,3-9H2,1-2H3,(H2,11,12,13);. The second kappa shape index (κ2) is 12.7. The summed E-state index contributed by atoms with van der Waals surface area (Å²) in [5.74, 6) is 0.537. The van der Waals surface area contributed by atoms with Crippen LogP contribution in [0.5, 0.6) is 0 Å². The number of unbranched alkanes of at least 4 members (excludes halogenated alkanes) is 1. The van der Waals surface area contributed by atoms with Crippen LogP contribution in [0.3, 0.4) is 0 Å². The minimum Gasteiger partial charge on any atom is -0.379 e. The zero-order valence-electron chi connectivity index (χ0n) is 11.1. The van der Waals surface area contributed by atoms with E-state index in [2.05, 4.69) is 18.4 Å². The molecule has 2 N–H and O–H groups in total. The maximum Gasteiger partial charge on any atom is 0.469 e. The smallest absolute Gasteiger partial charge is 0.379 e. The van der Waals surface area contributed by atoms with Gasteiger partial charge in [-0.05, 0) is 12.3 Å². The van der Waals surface area contributed by atoms with E-state index < -0.39 is 7.82 Å². The first-order chi connectivity index (χ1) is 7.49. The minimum atomic E-state index is -4.33. The van der Waals surface area contributed by atoms with Gasteiger partial charge in [-0.15, -0.1) is 0 Å². The zero-order chi connectivity index (χ0) is 12.4. The van der Waals surface area contributed by atoms with Crippen molar-refractivity contribution in [2.45, 2.75) is 39.5 Å². The van der Waals surface area contributed by atoms with E-state index in [1.165, 1.54) is 12.8 Å². The number of hydrogen-bond donors (Lipinski definition) is 2. The summed E-state index contributed by atoms with van der Waals surface area (Å²) in [6, 6.07) is 0. The predicted molar refractivity (Wildman–Crippen MR) is 67.9 cm³/mol. The molecule has 0 spiro atoms. The molecule has 0 amide bonds. The van der Waals surface area contributed by atoms with Gasteiger partial charge in [-0.3, -0.25) is 4.52 Å². The third-order valence-corrected chi connectivity index (χ3v) is 2.90. The van der Waals surface area contributed by atoms with Gasteiger partial charge in [0.25, 0.3) is 0 Å². The van der Waals surface area contributed by atoms with Crippen molar-refractivity contribution >= 4 is 59.2 Å². The van der Waals surface area contributed by atoms with Crippen LogP contribution in [0.2, 0.25) is 0 Å². The van der Waals surface area contributed by atoms with Crippen molar-refractivity contribution in [2.24, 2.45) is 5.92 Å². The molecule has 0 aromatic rings. The number of phosphoric ester groups is 1. The van der Waals surface area contributed by atoms with Gasteiger partial charge >= 0.3 is 7.82 Å². The van der Waals surface area contributed by atoms with Crippen molar-refractivity contribution in [2.75, 3.05) is 19.8 Å². The number of rotatable bonds is 10. The second-order valence-corrected chi connectivity index (χ2v) is 5.05. The third kappa shape index (κ3) is 15.7. The zero-order valence-corrected chi connectivity index (χ0v) is 15.1. The molecule has 0 saturated heterocycles. The van der Waals surface area contributed by atoms with Crippen LogP contribution in [0.1, 0.15) is 39.5 Å². The van der Waals surface area contributed by atoms with E-state index in [-0.39, 0.29) is 64.6 Å². The molecule has 1 atom stereocenters. The number of hydrogen-bond acceptors (Lipinski definition) is 3. The molecule has 0 aliphatic heterocycles. The first-order valence-electron chi connectivity index (χ1n) is 5.77. The van der Waals surface area contributed by atoms with E-state index in [0.717, 1.165) is 12.8 Å². The van der Waals surface area contributed by atoms with E-state index in [1.807, 2.05) is 0 Å². The molecular formula is C10H23KO5P. The van der Waals surface area contributed by atoms with Crippen molar-refractivity contribution in [3.8, 4) is 0 Å². The largest absolute Gasteiger partial charge is 0.469 e. The van der Waals surface area contributed by atoms with Gasteiger partial charge in [0.2, 0.25) is 0 Å². The summed E-state index contributed by atoms with van der Waals surface area (Å²) in [6.07, 6.45) is 4.59. The van der Waals surface area contributed by atoms with Crippen LogP contribution in [-0.2, 0) is 13.8 Å². The van der Waals surface area contributed by atoms with Gasteiger partial charge in [0.05, 0.1) is 13.2 Å². The normalized spacial score (nSPS) is 13.2. The predicted octanol–water partition coefficient (Wildman–Crippen LogP) is 1.95. The molecule has 0 aliphatic carbocycles. The van der Waals surface area contributed by atoms with Crippen molar-refractivity contribution < 1.29 is 23.6 Å². The summed E-state index contributed by atoms with van der Waals surface area (Å²) in [6.45, 7) is 5.08. The SMILES string of the molecule is CCCCC(CC)COCCOP(=O)(O)O.[K]. The summed E-state index contributed by atoms with van der Waals surface area (Å²) < 4.78 is 19.9. The summed E-state index contributed by atoms with van der Waals surface area (Å²) >= 11 is 0. The molecule has 7 heteroatoms. The maximum absolute atomic E-state index is 10.3. The van der Waals surface area contributed by atoms with Crippen LogP contribution in [0.25, 0.3) is 0 Å². The molecule has 0 fully saturated rings. The quantitative estimate of drug-likeness (QED) is 0.366. The summed E-state index contributed by atoms with van der Waals surface area (Å²) in [5.41, 5.74) is 0. The van der Waals surface area contributed by atoms with E-state index in [9.17, 15) is 4.57 Å². The summed E-state index contributed by atoms with van der Waals surface area (Å²) in [7, 11) is -4.33. The van der Waals surface area contributed by atoms with E-state index in [1.54, 1.807) is 0 Å². The van der Waals surface area contributed by atoms with Gasteiger partial charge in [0.1, 0.15) is 0 Å². The Balaban J connectivity index is 0. The number of ether oxygens (including phenoxy) is 1. The molecule has 17 heavy (non-hydrogen) atoms. The molecule has 0 aromatic carbocycles. The Kier molecular flexibility index (Phi) is 15.7. The van der Waals surface area contributed by atoms with Gasteiger partial charge in [-0.1, -0.05) is 33.1 Å².